The predicted octanol–water partition coefficient (Wildman–Crippen LogP) is -5.02. The van der Waals surface area contributed by atoms with Crippen molar-refractivity contribution in [1.29, 1.82) is 0 Å². The van der Waals surface area contributed by atoms with E-state index in [-0.39, 0.29) is 115 Å². The maximum absolute atomic E-state index is 10.2. The summed E-state index contributed by atoms with van der Waals surface area (Å²) in [7, 11) is 0. The summed E-state index contributed by atoms with van der Waals surface area (Å²) in [5, 5.41) is 10.2. The van der Waals surface area contributed by atoms with Crippen molar-refractivity contribution >= 4 is 5.97 Å². The number of carboxylic acid groups (broad SMARTS) is 1. The van der Waals surface area contributed by atoms with E-state index in [1.165, 1.54) is 0 Å². The number of rotatable bonds is 5. The molecule has 0 aromatic heterocycles. The number of aliphatic carboxylic acids is 1. The van der Waals surface area contributed by atoms with Crippen molar-refractivity contribution in [2.24, 2.45) is 11.8 Å². The molecular weight excluding hydrogens is 218 g/mol. The van der Waals surface area contributed by atoms with Crippen LogP contribution >= 0.6 is 0 Å². The van der Waals surface area contributed by atoms with E-state index < -0.39 is 5.97 Å². The zero-order chi connectivity index (χ0) is 8.85. The molecule has 13 heavy (non-hydrogen) atoms. The third-order valence-corrected chi connectivity index (χ3v) is 1.54. The SMILES string of the molecule is C=CC(CC(=O)[O-])CC(C)C.[K+].[K+]. The second-order valence-electron chi connectivity index (χ2n) is 3.20. The summed E-state index contributed by atoms with van der Waals surface area (Å²) in [5.74, 6) is -0.409. The Labute approximate surface area is 166 Å². The van der Waals surface area contributed by atoms with Gasteiger partial charge in [-0.05, 0) is 24.7 Å². The van der Waals surface area contributed by atoms with E-state index in [0.717, 1.165) is 6.42 Å². The quantitative estimate of drug-likeness (QED) is 0.352. The van der Waals surface area contributed by atoms with Crippen LogP contribution in [0.2, 0.25) is 0 Å². The van der Waals surface area contributed by atoms with E-state index in [1.54, 1.807) is 6.08 Å². The number of carboxylic acids is 1. The fraction of sp³-hybridized carbons (Fsp3) is 0.667. The van der Waals surface area contributed by atoms with Crippen LogP contribution in [0.1, 0.15) is 26.7 Å². The van der Waals surface area contributed by atoms with Gasteiger partial charge in [0.15, 0.2) is 0 Å². The number of hydrogen-bond donors (Lipinski definition) is 0. The molecule has 4 heteroatoms. The van der Waals surface area contributed by atoms with Gasteiger partial charge in [0, 0.05) is 5.97 Å². The fourth-order valence-electron chi connectivity index (χ4n) is 1.08. The number of carbonyl (C=O) groups is 1. The molecule has 0 aromatic carbocycles. The van der Waals surface area contributed by atoms with Crippen LogP contribution in [0.3, 0.4) is 0 Å². The summed E-state index contributed by atoms with van der Waals surface area (Å²) in [6, 6.07) is 0. The fourth-order valence-corrected chi connectivity index (χ4v) is 1.08. The zero-order valence-electron chi connectivity index (χ0n) is 9.17. The molecule has 2 nitrogen and oxygen atoms in total. The third kappa shape index (κ3) is 14.5. The Morgan fingerprint density at radius 3 is 2.15 bits per heavy atom. The second kappa shape index (κ2) is 12.6. The van der Waals surface area contributed by atoms with Gasteiger partial charge in [-0.3, -0.25) is 0 Å². The first kappa shape index (κ1) is 20.8. The van der Waals surface area contributed by atoms with Gasteiger partial charge in [0.05, 0.1) is 0 Å². The molecule has 0 radical (unpaired) electrons. The number of hydrogen-bond acceptors (Lipinski definition) is 2. The van der Waals surface area contributed by atoms with Crippen LogP contribution in [0.25, 0.3) is 0 Å². The Morgan fingerprint density at radius 2 is 1.92 bits per heavy atom. The molecule has 0 aliphatic carbocycles. The summed E-state index contributed by atoms with van der Waals surface area (Å²) in [5.41, 5.74) is 0. The topological polar surface area (TPSA) is 40.1 Å². The first-order valence-electron chi connectivity index (χ1n) is 3.88. The minimum absolute atomic E-state index is 0. The first-order valence-corrected chi connectivity index (χ1v) is 3.88. The minimum atomic E-state index is -0.990. The van der Waals surface area contributed by atoms with E-state index in [1.807, 2.05) is 0 Å². The molecule has 1 atom stereocenters. The minimum Gasteiger partial charge on any atom is -0.550 e. The maximum atomic E-state index is 10.2. The summed E-state index contributed by atoms with van der Waals surface area (Å²) in [6.45, 7) is 7.70. The van der Waals surface area contributed by atoms with Crippen molar-refractivity contribution in [1.82, 2.24) is 0 Å². The van der Waals surface area contributed by atoms with Gasteiger partial charge in [0.1, 0.15) is 0 Å². The van der Waals surface area contributed by atoms with Crippen molar-refractivity contribution in [2.75, 3.05) is 0 Å². The average Bonchev–Trinajstić information content (AvgIpc) is 1.84. The predicted molar refractivity (Wildman–Crippen MR) is 42.8 cm³/mol. The van der Waals surface area contributed by atoms with Gasteiger partial charge in [0.2, 0.25) is 0 Å². The maximum Gasteiger partial charge on any atom is 1.00 e. The molecule has 0 fully saturated rings. The van der Waals surface area contributed by atoms with E-state index in [2.05, 4.69) is 20.4 Å². The number of carbonyl (C=O) groups excluding carboxylic acids is 1. The van der Waals surface area contributed by atoms with Gasteiger partial charge in [-0.2, -0.15) is 0 Å². The first-order chi connectivity index (χ1) is 5.06. The van der Waals surface area contributed by atoms with E-state index in [0.29, 0.717) is 5.92 Å². The molecule has 0 saturated carbocycles. The van der Waals surface area contributed by atoms with Crippen molar-refractivity contribution in [3.8, 4) is 0 Å². The number of allylic oxidation sites excluding steroid dienone is 1. The molecule has 0 N–H and O–H groups in total. The Bertz CT molecular complexity index is 147. The van der Waals surface area contributed by atoms with Gasteiger partial charge >= 0.3 is 103 Å². The third-order valence-electron chi connectivity index (χ3n) is 1.54. The molecule has 64 valence electrons. The molecule has 0 spiro atoms. The van der Waals surface area contributed by atoms with Crippen LogP contribution in [-0.4, -0.2) is 5.97 Å². The van der Waals surface area contributed by atoms with Gasteiger partial charge in [-0.1, -0.05) is 19.9 Å². The van der Waals surface area contributed by atoms with Crippen molar-refractivity contribution in [3.63, 3.8) is 0 Å². The summed E-state index contributed by atoms with van der Waals surface area (Å²) in [4.78, 5) is 10.2. The summed E-state index contributed by atoms with van der Waals surface area (Å²) < 4.78 is 0. The van der Waals surface area contributed by atoms with Crippen molar-refractivity contribution < 1.29 is 113 Å². The molecule has 0 heterocycles. The molecule has 0 bridgehead atoms. The smallest absolute Gasteiger partial charge is 0.550 e. The molecule has 0 aliphatic rings. The monoisotopic (exact) mass is 233 g/mol. The molecule has 1 unspecified atom stereocenters. The molecular formula is C9H15K2O2+. The molecule has 0 saturated heterocycles. The molecule has 0 rings (SSSR count). The zero-order valence-corrected chi connectivity index (χ0v) is 15.4. The van der Waals surface area contributed by atoms with Gasteiger partial charge in [-0.25, -0.2) is 0 Å². The van der Waals surface area contributed by atoms with Gasteiger partial charge in [-0.15, -0.1) is 6.58 Å². The Hall–Kier alpha value is 2.48. The van der Waals surface area contributed by atoms with Crippen LogP contribution in [0, 0.1) is 11.8 Å². The van der Waals surface area contributed by atoms with Crippen molar-refractivity contribution in [3.05, 3.63) is 12.7 Å². The normalized spacial score (nSPS) is 11.0. The van der Waals surface area contributed by atoms with Crippen LogP contribution in [0.15, 0.2) is 12.7 Å². The molecule has 0 amide bonds. The van der Waals surface area contributed by atoms with Gasteiger partial charge < -0.3 is 9.90 Å². The standard InChI is InChI=1S/C9H16O2.2K/c1-4-8(5-7(2)3)6-9(10)11;;/h4,7-8H,1,5-6H2,2-3H3,(H,10,11);;/q;2*+1/p-1. The Kier molecular flexibility index (Phi) is 20.1. The molecule has 0 aromatic rings. The van der Waals surface area contributed by atoms with E-state index >= 15 is 0 Å². The van der Waals surface area contributed by atoms with E-state index in [9.17, 15) is 9.90 Å². The average molecular weight is 233 g/mol. The Morgan fingerprint density at radius 1 is 1.46 bits per heavy atom. The van der Waals surface area contributed by atoms with Crippen LogP contribution < -0.4 is 108 Å². The van der Waals surface area contributed by atoms with Crippen LogP contribution in [0.5, 0.6) is 0 Å². The second-order valence-corrected chi connectivity index (χ2v) is 3.20. The van der Waals surface area contributed by atoms with Crippen LogP contribution in [-0.2, 0) is 4.79 Å². The van der Waals surface area contributed by atoms with E-state index in [4.69, 9.17) is 0 Å². The summed E-state index contributed by atoms with van der Waals surface area (Å²) >= 11 is 0. The van der Waals surface area contributed by atoms with Crippen molar-refractivity contribution in [2.45, 2.75) is 26.7 Å². The Balaban J connectivity index is -0.000000500. The largest absolute Gasteiger partial charge is 1.00 e. The summed E-state index contributed by atoms with van der Waals surface area (Å²) in [6.07, 6.45) is 2.66. The van der Waals surface area contributed by atoms with Crippen LogP contribution in [0.4, 0.5) is 0 Å². The molecule has 0 aliphatic heterocycles. The van der Waals surface area contributed by atoms with Gasteiger partial charge in [0.25, 0.3) is 0 Å².